The molecule has 2 atom stereocenters. The van der Waals surface area contributed by atoms with Crippen LogP contribution < -0.4 is 4.90 Å². The molecule has 12 rings (SSSR count). The first-order valence-electron chi connectivity index (χ1n) is 22.7. The summed E-state index contributed by atoms with van der Waals surface area (Å²) < 4.78 is 2.43. The van der Waals surface area contributed by atoms with Gasteiger partial charge in [0.05, 0.1) is 11.0 Å². The lowest BCUT2D eigenvalue weighted by Gasteiger charge is -2.32. The third-order valence-corrected chi connectivity index (χ3v) is 13.4. The van der Waals surface area contributed by atoms with Gasteiger partial charge < -0.3 is 9.47 Å². The number of benzene rings is 10. The lowest BCUT2D eigenvalue weighted by Crippen LogP contribution is -2.20. The van der Waals surface area contributed by atoms with E-state index in [9.17, 15) is 0 Å². The normalized spacial score (nSPS) is 14.9. The molecular formula is C63H46N2. The Labute approximate surface area is 380 Å². The van der Waals surface area contributed by atoms with Crippen LogP contribution in [-0.4, -0.2) is 4.57 Å². The lowest BCUT2D eigenvalue weighted by molar-refractivity contribution is 0.628. The van der Waals surface area contributed by atoms with Gasteiger partial charge in [-0.2, -0.15) is 0 Å². The van der Waals surface area contributed by atoms with Gasteiger partial charge in [0.1, 0.15) is 0 Å². The van der Waals surface area contributed by atoms with Gasteiger partial charge >= 0.3 is 0 Å². The smallest absolute Gasteiger partial charge is 0.0547 e. The minimum absolute atomic E-state index is 0.249. The first-order valence-corrected chi connectivity index (χ1v) is 22.7. The molecule has 1 aliphatic carbocycles. The number of aromatic nitrogens is 1. The maximum atomic E-state index is 2.46. The number of hydrogen-bond donors (Lipinski definition) is 0. The number of fused-ring (bicyclic) bond motifs is 6. The van der Waals surface area contributed by atoms with Crippen LogP contribution in [0.5, 0.6) is 0 Å². The van der Waals surface area contributed by atoms with E-state index in [1.54, 1.807) is 0 Å². The van der Waals surface area contributed by atoms with Gasteiger partial charge in [0.2, 0.25) is 0 Å². The van der Waals surface area contributed by atoms with Crippen molar-refractivity contribution in [3.8, 4) is 39.1 Å². The fraction of sp³-hybridized carbons (Fsp3) is 0.0476. The average Bonchev–Trinajstić information content (AvgIpc) is 3.72. The first-order chi connectivity index (χ1) is 32.2. The zero-order valence-corrected chi connectivity index (χ0v) is 36.2. The van der Waals surface area contributed by atoms with Crippen LogP contribution in [0, 0.1) is 5.92 Å². The molecule has 1 aromatic heterocycles. The Morgan fingerprint density at radius 2 is 1.05 bits per heavy atom. The number of hydrogen-bond acceptors (Lipinski definition) is 1. The van der Waals surface area contributed by atoms with Crippen LogP contribution in [0.1, 0.15) is 18.4 Å². The SMILES string of the molecule is CC1C=C(N(c2ccc(-c3cccc4ccccc34)cc2)c2cccc(-c3cccc4c3c3c5ccccc5ccc3n4-c3ccccc3)c2)C=CC1c1cccc(-c2ccccc2)c1. The Bertz CT molecular complexity index is 3610. The maximum Gasteiger partial charge on any atom is 0.0547 e. The lowest BCUT2D eigenvalue weighted by atomic mass is 9.82. The molecule has 0 N–H and O–H groups in total. The largest absolute Gasteiger partial charge is 0.311 e. The fourth-order valence-corrected chi connectivity index (χ4v) is 10.4. The van der Waals surface area contributed by atoms with Gasteiger partial charge in [-0.25, -0.2) is 0 Å². The second-order valence-electron chi connectivity index (χ2n) is 17.3. The molecule has 0 saturated heterocycles. The summed E-state index contributed by atoms with van der Waals surface area (Å²) in [5.41, 5.74) is 15.6. The van der Waals surface area contributed by atoms with Crippen LogP contribution in [0.15, 0.2) is 254 Å². The van der Waals surface area contributed by atoms with Gasteiger partial charge in [-0.3, -0.25) is 0 Å². The standard InChI is InChI=1S/C63H46N2/c1-43-40-54(37-38-55(43)49-22-12-21-48(41-49)44-16-4-2-5-17-44)64(52-35-32-47(33-36-52)57-29-14-20-45-18-8-10-27-56(45)57)53-26-13-23-50(42-53)59-30-15-31-60-63(59)62-58-28-11-9-19-46(58)34-39-61(62)65(60)51-24-6-3-7-25-51/h2-43,55H,1H3. The Kier molecular flexibility index (Phi) is 9.57. The molecule has 308 valence electrons. The molecule has 0 saturated carbocycles. The van der Waals surface area contributed by atoms with Crippen molar-refractivity contribution in [2.45, 2.75) is 12.8 Å². The molecule has 0 radical (unpaired) electrons. The van der Waals surface area contributed by atoms with Gasteiger partial charge in [-0.15, -0.1) is 0 Å². The molecule has 10 aromatic carbocycles. The number of para-hydroxylation sites is 1. The third kappa shape index (κ3) is 6.83. The summed E-state index contributed by atoms with van der Waals surface area (Å²) in [6.07, 6.45) is 7.21. The van der Waals surface area contributed by atoms with Gasteiger partial charge in [0.15, 0.2) is 0 Å². The molecule has 0 spiro atoms. The molecule has 65 heavy (non-hydrogen) atoms. The van der Waals surface area contributed by atoms with Crippen molar-refractivity contribution >= 4 is 54.7 Å². The molecule has 1 aliphatic rings. The van der Waals surface area contributed by atoms with E-state index in [0.717, 1.165) is 22.8 Å². The highest BCUT2D eigenvalue weighted by atomic mass is 15.1. The second-order valence-corrected chi connectivity index (χ2v) is 17.3. The van der Waals surface area contributed by atoms with E-state index >= 15 is 0 Å². The number of anilines is 2. The molecule has 2 nitrogen and oxygen atoms in total. The van der Waals surface area contributed by atoms with E-state index in [4.69, 9.17) is 0 Å². The van der Waals surface area contributed by atoms with Crippen molar-refractivity contribution in [2.75, 3.05) is 4.90 Å². The monoisotopic (exact) mass is 830 g/mol. The summed E-state index contributed by atoms with van der Waals surface area (Å²) in [4.78, 5) is 2.45. The van der Waals surface area contributed by atoms with Crippen molar-refractivity contribution in [1.82, 2.24) is 4.57 Å². The third-order valence-electron chi connectivity index (χ3n) is 13.4. The quantitative estimate of drug-likeness (QED) is 0.148. The van der Waals surface area contributed by atoms with E-state index < -0.39 is 0 Å². The van der Waals surface area contributed by atoms with E-state index in [1.807, 2.05) is 0 Å². The molecular weight excluding hydrogens is 785 g/mol. The second kappa shape index (κ2) is 16.2. The predicted molar refractivity (Wildman–Crippen MR) is 276 cm³/mol. The molecule has 1 heterocycles. The summed E-state index contributed by atoms with van der Waals surface area (Å²) in [6, 6.07) is 84.2. The fourth-order valence-electron chi connectivity index (χ4n) is 10.4. The molecule has 11 aromatic rings. The molecule has 2 heteroatoms. The zero-order chi connectivity index (χ0) is 43.3. The van der Waals surface area contributed by atoms with Crippen LogP contribution in [0.25, 0.3) is 82.4 Å². The van der Waals surface area contributed by atoms with Crippen molar-refractivity contribution in [3.63, 3.8) is 0 Å². The van der Waals surface area contributed by atoms with E-state index in [2.05, 4.69) is 265 Å². The Morgan fingerprint density at radius 3 is 1.86 bits per heavy atom. The van der Waals surface area contributed by atoms with Crippen LogP contribution >= 0.6 is 0 Å². The highest BCUT2D eigenvalue weighted by molar-refractivity contribution is 6.25. The summed E-state index contributed by atoms with van der Waals surface area (Å²) >= 11 is 0. The minimum Gasteiger partial charge on any atom is -0.311 e. The summed E-state index contributed by atoms with van der Waals surface area (Å²) in [7, 11) is 0. The minimum atomic E-state index is 0.249. The zero-order valence-electron chi connectivity index (χ0n) is 36.2. The average molecular weight is 831 g/mol. The number of rotatable bonds is 8. The molecule has 0 amide bonds. The molecule has 0 fully saturated rings. The van der Waals surface area contributed by atoms with Gasteiger partial charge in [-0.1, -0.05) is 201 Å². The first kappa shape index (κ1) is 38.5. The highest BCUT2D eigenvalue weighted by Crippen LogP contribution is 2.44. The summed E-state index contributed by atoms with van der Waals surface area (Å²) in [5, 5.41) is 7.55. The Balaban J connectivity index is 1.00. The van der Waals surface area contributed by atoms with Crippen molar-refractivity contribution in [1.29, 1.82) is 0 Å². The van der Waals surface area contributed by atoms with Crippen LogP contribution in [0.4, 0.5) is 11.4 Å². The Morgan fingerprint density at radius 1 is 0.415 bits per heavy atom. The highest BCUT2D eigenvalue weighted by Gasteiger charge is 2.25. The van der Waals surface area contributed by atoms with Crippen molar-refractivity contribution in [2.24, 2.45) is 5.92 Å². The number of allylic oxidation sites excluding steroid dienone is 3. The summed E-state index contributed by atoms with van der Waals surface area (Å²) in [5.74, 6) is 0.506. The number of nitrogens with zero attached hydrogens (tertiary/aromatic N) is 2. The Hall–Kier alpha value is -8.20. The van der Waals surface area contributed by atoms with Crippen LogP contribution in [-0.2, 0) is 0 Å². The van der Waals surface area contributed by atoms with Crippen LogP contribution in [0.2, 0.25) is 0 Å². The van der Waals surface area contributed by atoms with Crippen molar-refractivity contribution < 1.29 is 0 Å². The van der Waals surface area contributed by atoms with Gasteiger partial charge in [0.25, 0.3) is 0 Å². The molecule has 0 aliphatic heterocycles. The van der Waals surface area contributed by atoms with Crippen LogP contribution in [0.3, 0.4) is 0 Å². The molecule has 2 unspecified atom stereocenters. The predicted octanol–water partition coefficient (Wildman–Crippen LogP) is 17.1. The van der Waals surface area contributed by atoms with E-state index in [-0.39, 0.29) is 11.8 Å². The van der Waals surface area contributed by atoms with Gasteiger partial charge in [0, 0.05) is 39.4 Å². The summed E-state index contributed by atoms with van der Waals surface area (Å²) in [6.45, 7) is 2.36. The topological polar surface area (TPSA) is 8.17 Å². The van der Waals surface area contributed by atoms with E-state index in [0.29, 0.717) is 0 Å². The molecule has 0 bridgehead atoms. The maximum absolute atomic E-state index is 2.46. The van der Waals surface area contributed by atoms with Gasteiger partial charge in [-0.05, 0) is 121 Å². The van der Waals surface area contributed by atoms with Crippen molar-refractivity contribution in [3.05, 3.63) is 260 Å². The van der Waals surface area contributed by atoms with E-state index in [1.165, 1.54) is 82.3 Å².